The molecule has 0 spiro atoms. The average molecular weight is 524 g/mol. The van der Waals surface area contributed by atoms with Crippen molar-refractivity contribution in [3.05, 3.63) is 115 Å². The van der Waals surface area contributed by atoms with E-state index >= 15 is 0 Å². The predicted octanol–water partition coefficient (Wildman–Crippen LogP) is 7.15. The van der Waals surface area contributed by atoms with Gasteiger partial charge in [0.25, 0.3) is 5.69 Å². The highest BCUT2D eigenvalue weighted by Crippen LogP contribution is 2.33. The van der Waals surface area contributed by atoms with E-state index in [0.29, 0.717) is 43.5 Å². The van der Waals surface area contributed by atoms with Crippen LogP contribution in [0.5, 0.6) is 0 Å². The Labute approximate surface area is 213 Å². The Morgan fingerprint density at radius 3 is 2.54 bits per heavy atom. The zero-order valence-corrected chi connectivity index (χ0v) is 20.2. The molecule has 0 aliphatic rings. The second-order valence-electron chi connectivity index (χ2n) is 7.57. The van der Waals surface area contributed by atoms with Gasteiger partial charge in [-0.25, -0.2) is 9.78 Å². The lowest BCUT2D eigenvalue weighted by Gasteiger charge is -2.09. The van der Waals surface area contributed by atoms with Crippen LogP contribution < -0.4 is 5.63 Å². The molecule has 0 fully saturated rings. The van der Waals surface area contributed by atoms with Crippen molar-refractivity contribution in [1.82, 2.24) is 9.55 Å². The highest BCUT2D eigenvalue weighted by molar-refractivity contribution is 7.98. The first-order valence-electron chi connectivity index (χ1n) is 10.3. The van der Waals surface area contributed by atoms with Gasteiger partial charge in [-0.2, -0.15) is 0 Å². The summed E-state index contributed by atoms with van der Waals surface area (Å²) in [5.74, 6) is 0.492. The summed E-state index contributed by atoms with van der Waals surface area (Å²) in [6, 6.07) is 20.5. The molecule has 0 radical (unpaired) electrons. The predicted molar refractivity (Wildman–Crippen MR) is 138 cm³/mol. The van der Waals surface area contributed by atoms with Gasteiger partial charge in [-0.1, -0.05) is 65.3 Å². The smallest absolute Gasteiger partial charge is 0.345 e. The summed E-state index contributed by atoms with van der Waals surface area (Å²) in [6.07, 6.45) is 1.73. The summed E-state index contributed by atoms with van der Waals surface area (Å²) < 4.78 is 7.28. The van der Waals surface area contributed by atoms with Gasteiger partial charge in [0.2, 0.25) is 0 Å². The Morgan fingerprint density at radius 1 is 1.03 bits per heavy atom. The van der Waals surface area contributed by atoms with Gasteiger partial charge in [-0.05, 0) is 35.9 Å². The van der Waals surface area contributed by atoms with E-state index in [-0.39, 0.29) is 5.69 Å². The number of rotatable bonds is 6. The second-order valence-corrected chi connectivity index (χ2v) is 9.36. The molecule has 35 heavy (non-hydrogen) atoms. The van der Waals surface area contributed by atoms with Crippen molar-refractivity contribution in [2.24, 2.45) is 0 Å². The Kier molecular flexibility index (Phi) is 6.34. The lowest BCUT2D eigenvalue weighted by atomic mass is 10.1. The number of para-hydroxylation sites is 1. The number of thioether (sulfide) groups is 1. The fraction of sp³-hybridized carbons (Fsp3) is 0.0400. The number of imidazole rings is 1. The second kappa shape index (κ2) is 9.58. The molecule has 0 bridgehead atoms. The number of nitro benzene ring substituents is 1. The summed E-state index contributed by atoms with van der Waals surface area (Å²) in [6.45, 7) is 0. The Balaban J connectivity index is 1.56. The fourth-order valence-corrected chi connectivity index (χ4v) is 4.99. The number of nitro groups is 1. The zero-order valence-electron chi connectivity index (χ0n) is 17.9. The molecule has 0 aliphatic heterocycles. The van der Waals surface area contributed by atoms with E-state index in [2.05, 4.69) is 0 Å². The third-order valence-corrected chi connectivity index (χ3v) is 6.84. The molecule has 2 heterocycles. The molecule has 0 aliphatic carbocycles. The highest BCUT2D eigenvalue weighted by Gasteiger charge is 2.18. The van der Waals surface area contributed by atoms with E-state index in [0.717, 1.165) is 10.9 Å². The van der Waals surface area contributed by atoms with Crippen LogP contribution in [0.15, 0.2) is 93.4 Å². The van der Waals surface area contributed by atoms with Crippen molar-refractivity contribution in [1.29, 1.82) is 0 Å². The average Bonchev–Trinajstić information content (AvgIpc) is 3.26. The van der Waals surface area contributed by atoms with Crippen LogP contribution in [0.1, 0.15) is 5.56 Å². The fourth-order valence-electron chi connectivity index (χ4n) is 3.55. The Bertz CT molecular complexity index is 1630. The molecule has 174 valence electrons. The third-order valence-electron chi connectivity index (χ3n) is 5.28. The normalized spacial score (nSPS) is 11.1. The van der Waals surface area contributed by atoms with Gasteiger partial charge in [-0.3, -0.25) is 14.7 Å². The number of halogens is 2. The van der Waals surface area contributed by atoms with E-state index in [1.807, 2.05) is 12.1 Å². The van der Waals surface area contributed by atoms with Crippen molar-refractivity contribution in [2.45, 2.75) is 10.9 Å². The minimum absolute atomic E-state index is 0.0264. The summed E-state index contributed by atoms with van der Waals surface area (Å²) in [4.78, 5) is 28.0. The lowest BCUT2D eigenvalue weighted by molar-refractivity contribution is -0.384. The van der Waals surface area contributed by atoms with Crippen LogP contribution in [-0.4, -0.2) is 14.5 Å². The molecule has 5 aromatic rings. The third kappa shape index (κ3) is 4.81. The standard InChI is InChI=1S/C25H15Cl2N3O4S/c26-17-7-10-22(20(27)12-17)29-13-21(19-11-16-3-1-2-4-23(16)34-24(19)31)28-25(29)35-14-15-5-8-18(9-6-15)30(32)33/h1-13H,14H2. The van der Waals surface area contributed by atoms with E-state index in [9.17, 15) is 14.9 Å². The molecule has 2 aromatic heterocycles. The Morgan fingerprint density at radius 2 is 1.80 bits per heavy atom. The Hall–Kier alpha value is -3.59. The van der Waals surface area contributed by atoms with Gasteiger partial charge in [0, 0.05) is 34.5 Å². The van der Waals surface area contributed by atoms with Gasteiger partial charge < -0.3 is 4.42 Å². The van der Waals surface area contributed by atoms with E-state index in [1.165, 1.54) is 23.9 Å². The first-order chi connectivity index (χ1) is 16.9. The highest BCUT2D eigenvalue weighted by atomic mass is 35.5. The minimum atomic E-state index is -0.498. The number of benzene rings is 3. The number of hydrogen-bond acceptors (Lipinski definition) is 6. The SMILES string of the molecule is O=c1oc2ccccc2cc1-c1cn(-c2ccc(Cl)cc2Cl)c(SCc2ccc([N+](=O)[O-])cc2)n1. The number of fused-ring (bicyclic) bond motifs is 1. The molecule has 0 amide bonds. The lowest BCUT2D eigenvalue weighted by Crippen LogP contribution is -2.02. The van der Waals surface area contributed by atoms with Crippen LogP contribution in [0.3, 0.4) is 0 Å². The first-order valence-corrected chi connectivity index (χ1v) is 12.1. The van der Waals surface area contributed by atoms with Crippen molar-refractivity contribution in [3.8, 4) is 16.9 Å². The zero-order chi connectivity index (χ0) is 24.5. The summed E-state index contributed by atoms with van der Waals surface area (Å²) in [7, 11) is 0. The van der Waals surface area contributed by atoms with Crippen LogP contribution in [0.25, 0.3) is 27.9 Å². The van der Waals surface area contributed by atoms with Gasteiger partial charge in [0.05, 0.1) is 26.9 Å². The molecule has 0 N–H and O–H groups in total. The number of hydrogen-bond donors (Lipinski definition) is 0. The first kappa shape index (κ1) is 23.2. The molecule has 5 rings (SSSR count). The summed E-state index contributed by atoms with van der Waals surface area (Å²) in [5.41, 5.74) is 2.30. The van der Waals surface area contributed by atoms with Crippen LogP contribution >= 0.6 is 35.0 Å². The molecule has 3 aromatic carbocycles. The number of aromatic nitrogens is 2. The molecular weight excluding hydrogens is 509 g/mol. The number of nitrogens with zero attached hydrogens (tertiary/aromatic N) is 3. The molecular formula is C25H15Cl2N3O4S. The van der Waals surface area contributed by atoms with Crippen molar-refractivity contribution >= 4 is 51.6 Å². The summed E-state index contributed by atoms with van der Waals surface area (Å²) in [5, 5.41) is 13.2. The maximum absolute atomic E-state index is 12.7. The number of non-ortho nitro benzene ring substituents is 1. The van der Waals surface area contributed by atoms with Crippen LogP contribution in [0.4, 0.5) is 5.69 Å². The largest absolute Gasteiger partial charge is 0.422 e. The minimum Gasteiger partial charge on any atom is -0.422 e. The van der Waals surface area contributed by atoms with Gasteiger partial charge in [0.1, 0.15) is 5.58 Å². The maximum Gasteiger partial charge on any atom is 0.345 e. The van der Waals surface area contributed by atoms with Crippen LogP contribution in [0, 0.1) is 10.1 Å². The molecule has 0 unspecified atom stereocenters. The van der Waals surface area contributed by atoms with Crippen molar-refractivity contribution in [2.75, 3.05) is 0 Å². The van der Waals surface area contributed by atoms with Gasteiger partial charge in [0.15, 0.2) is 5.16 Å². The molecule has 7 nitrogen and oxygen atoms in total. The van der Waals surface area contributed by atoms with Gasteiger partial charge in [-0.15, -0.1) is 0 Å². The van der Waals surface area contributed by atoms with Crippen molar-refractivity contribution < 1.29 is 9.34 Å². The van der Waals surface area contributed by atoms with E-state index in [4.69, 9.17) is 32.6 Å². The monoisotopic (exact) mass is 523 g/mol. The van der Waals surface area contributed by atoms with E-state index < -0.39 is 10.5 Å². The van der Waals surface area contributed by atoms with E-state index in [1.54, 1.807) is 59.3 Å². The van der Waals surface area contributed by atoms with Crippen LogP contribution in [-0.2, 0) is 5.75 Å². The summed E-state index contributed by atoms with van der Waals surface area (Å²) >= 11 is 14.0. The maximum atomic E-state index is 12.7. The van der Waals surface area contributed by atoms with Gasteiger partial charge >= 0.3 is 5.63 Å². The van der Waals surface area contributed by atoms with Crippen molar-refractivity contribution in [3.63, 3.8) is 0 Å². The quantitative estimate of drug-likeness (QED) is 0.101. The molecule has 0 atom stereocenters. The topological polar surface area (TPSA) is 91.2 Å². The molecule has 0 saturated carbocycles. The molecule has 10 heteroatoms. The van der Waals surface area contributed by atoms with Crippen LogP contribution in [0.2, 0.25) is 10.0 Å². The molecule has 0 saturated heterocycles.